The Morgan fingerprint density at radius 2 is 2.11 bits per heavy atom. The summed E-state index contributed by atoms with van der Waals surface area (Å²) in [6.07, 6.45) is 1.46. The SMILES string of the molecule is [B]c1ncc(N)cc1N. The van der Waals surface area contributed by atoms with E-state index in [1.165, 1.54) is 6.20 Å². The Bertz CT molecular complexity index is 223. The van der Waals surface area contributed by atoms with Gasteiger partial charge >= 0.3 is 0 Å². The lowest BCUT2D eigenvalue weighted by atomic mass is 10.0. The maximum absolute atomic E-state index is 5.35. The van der Waals surface area contributed by atoms with Crippen molar-refractivity contribution in [1.82, 2.24) is 4.98 Å². The van der Waals surface area contributed by atoms with Crippen LogP contribution in [0.3, 0.4) is 0 Å². The highest BCUT2D eigenvalue weighted by atomic mass is 14.7. The van der Waals surface area contributed by atoms with E-state index in [1.807, 2.05) is 0 Å². The van der Waals surface area contributed by atoms with Gasteiger partial charge in [0.25, 0.3) is 0 Å². The molecular formula is C5H6BN3. The molecule has 44 valence electrons. The normalized spacial score (nSPS) is 9.33. The first-order chi connectivity index (χ1) is 4.20. The van der Waals surface area contributed by atoms with Gasteiger partial charge in [0.2, 0.25) is 0 Å². The van der Waals surface area contributed by atoms with Crippen molar-refractivity contribution < 1.29 is 0 Å². The highest BCUT2D eigenvalue weighted by Crippen LogP contribution is 2.00. The van der Waals surface area contributed by atoms with E-state index >= 15 is 0 Å². The Labute approximate surface area is 54.5 Å². The number of anilines is 2. The smallest absolute Gasteiger partial charge is 0.144 e. The van der Waals surface area contributed by atoms with Gasteiger partial charge in [0, 0.05) is 17.5 Å². The molecule has 0 spiro atoms. The van der Waals surface area contributed by atoms with Crippen LogP contribution in [0.25, 0.3) is 0 Å². The summed E-state index contributed by atoms with van der Waals surface area (Å²) in [5.74, 6) is 0. The Morgan fingerprint density at radius 3 is 2.56 bits per heavy atom. The lowest BCUT2D eigenvalue weighted by molar-refractivity contribution is 1.39. The molecule has 4 N–H and O–H groups in total. The molecule has 0 unspecified atom stereocenters. The summed E-state index contributed by atoms with van der Waals surface area (Å²) in [7, 11) is 5.30. The van der Waals surface area contributed by atoms with Gasteiger partial charge in [0.1, 0.15) is 7.85 Å². The molecule has 0 bridgehead atoms. The zero-order valence-electron chi connectivity index (χ0n) is 4.83. The van der Waals surface area contributed by atoms with Crippen LogP contribution in [0.4, 0.5) is 11.4 Å². The number of nitrogens with zero attached hydrogens (tertiary/aromatic N) is 1. The molecular weight excluding hydrogens is 113 g/mol. The Morgan fingerprint density at radius 1 is 1.44 bits per heavy atom. The van der Waals surface area contributed by atoms with Gasteiger partial charge in [0.05, 0.1) is 5.69 Å². The number of nitrogen functional groups attached to an aromatic ring is 2. The van der Waals surface area contributed by atoms with E-state index < -0.39 is 0 Å². The van der Waals surface area contributed by atoms with Crippen molar-refractivity contribution in [1.29, 1.82) is 0 Å². The number of hydrogen-bond donors (Lipinski definition) is 2. The lowest BCUT2D eigenvalue weighted by Crippen LogP contribution is -2.13. The molecule has 1 rings (SSSR count). The molecule has 1 aromatic heterocycles. The molecule has 0 aliphatic carbocycles. The van der Waals surface area contributed by atoms with E-state index in [9.17, 15) is 0 Å². The highest BCUT2D eigenvalue weighted by Gasteiger charge is 1.91. The zero-order chi connectivity index (χ0) is 6.85. The fraction of sp³-hybridized carbons (Fsp3) is 0. The van der Waals surface area contributed by atoms with Crippen LogP contribution in [0.2, 0.25) is 0 Å². The molecule has 0 saturated carbocycles. The number of aromatic nitrogens is 1. The van der Waals surface area contributed by atoms with E-state index in [0.29, 0.717) is 17.0 Å². The van der Waals surface area contributed by atoms with Gasteiger partial charge in [-0.25, -0.2) is 0 Å². The average molecular weight is 119 g/mol. The van der Waals surface area contributed by atoms with Gasteiger partial charge in [0.15, 0.2) is 0 Å². The minimum atomic E-state index is 0.323. The molecule has 0 aromatic carbocycles. The highest BCUT2D eigenvalue weighted by molar-refractivity contribution is 6.33. The second-order valence-electron chi connectivity index (χ2n) is 1.74. The molecule has 1 aromatic rings. The number of nitrogens with two attached hydrogens (primary N) is 2. The van der Waals surface area contributed by atoms with E-state index in [1.54, 1.807) is 6.07 Å². The second kappa shape index (κ2) is 1.97. The third-order valence-corrected chi connectivity index (χ3v) is 0.971. The fourth-order valence-electron chi connectivity index (χ4n) is 0.509. The summed E-state index contributed by atoms with van der Waals surface area (Å²) >= 11 is 0. The molecule has 0 saturated heterocycles. The predicted molar refractivity (Wildman–Crippen MR) is 38.4 cm³/mol. The van der Waals surface area contributed by atoms with E-state index in [0.717, 1.165) is 0 Å². The monoisotopic (exact) mass is 119 g/mol. The minimum absolute atomic E-state index is 0.323. The maximum Gasteiger partial charge on any atom is 0.144 e. The third kappa shape index (κ3) is 1.13. The van der Waals surface area contributed by atoms with Crippen LogP contribution in [-0.2, 0) is 0 Å². The topological polar surface area (TPSA) is 64.9 Å². The van der Waals surface area contributed by atoms with Crippen LogP contribution >= 0.6 is 0 Å². The Balaban J connectivity index is 3.17. The average Bonchev–Trinajstić information content (AvgIpc) is 1.80. The summed E-state index contributed by atoms with van der Waals surface area (Å²) in [5, 5.41) is 0. The molecule has 0 aliphatic heterocycles. The van der Waals surface area contributed by atoms with Crippen LogP contribution in [0.15, 0.2) is 12.3 Å². The summed E-state index contributed by atoms with van der Waals surface area (Å²) < 4.78 is 0. The summed E-state index contributed by atoms with van der Waals surface area (Å²) in [5.41, 5.74) is 12.0. The third-order valence-electron chi connectivity index (χ3n) is 0.971. The molecule has 0 amide bonds. The number of rotatable bonds is 0. The van der Waals surface area contributed by atoms with Crippen molar-refractivity contribution >= 4 is 24.8 Å². The largest absolute Gasteiger partial charge is 0.398 e. The van der Waals surface area contributed by atoms with Gasteiger partial charge in [-0.3, -0.25) is 4.98 Å². The van der Waals surface area contributed by atoms with E-state index in [2.05, 4.69) is 4.98 Å². The first kappa shape index (κ1) is 5.94. The standard InChI is InChI=1S/C5H6BN3/c6-5-4(8)1-3(7)2-9-5/h1-2H,7-8H2. The first-order valence-electron chi connectivity index (χ1n) is 2.46. The molecule has 9 heavy (non-hydrogen) atoms. The molecule has 0 aliphatic rings. The van der Waals surface area contributed by atoms with Crippen LogP contribution in [0.1, 0.15) is 0 Å². The van der Waals surface area contributed by atoms with Crippen molar-refractivity contribution in [2.75, 3.05) is 11.5 Å². The first-order valence-corrected chi connectivity index (χ1v) is 2.46. The van der Waals surface area contributed by atoms with Gasteiger partial charge in [-0.05, 0) is 6.07 Å². The lowest BCUT2D eigenvalue weighted by Gasteiger charge is -1.97. The van der Waals surface area contributed by atoms with Crippen molar-refractivity contribution in [2.45, 2.75) is 0 Å². The van der Waals surface area contributed by atoms with Crippen LogP contribution in [-0.4, -0.2) is 12.8 Å². The molecule has 3 nitrogen and oxygen atoms in total. The van der Waals surface area contributed by atoms with Crippen LogP contribution in [0, 0.1) is 0 Å². The predicted octanol–water partition coefficient (Wildman–Crippen LogP) is -0.960. The van der Waals surface area contributed by atoms with E-state index in [-0.39, 0.29) is 0 Å². The fourth-order valence-corrected chi connectivity index (χ4v) is 0.509. The van der Waals surface area contributed by atoms with Crippen molar-refractivity contribution in [2.24, 2.45) is 0 Å². The van der Waals surface area contributed by atoms with Gasteiger partial charge in [-0.1, -0.05) is 0 Å². The Hall–Kier alpha value is -1.19. The Kier molecular flexibility index (Phi) is 1.30. The maximum atomic E-state index is 5.35. The molecule has 4 heteroatoms. The minimum Gasteiger partial charge on any atom is -0.398 e. The van der Waals surface area contributed by atoms with Gasteiger partial charge in [-0.15, -0.1) is 0 Å². The summed E-state index contributed by atoms with van der Waals surface area (Å²) in [6.45, 7) is 0. The van der Waals surface area contributed by atoms with E-state index in [4.69, 9.17) is 19.3 Å². The van der Waals surface area contributed by atoms with Crippen molar-refractivity contribution in [3.05, 3.63) is 12.3 Å². The van der Waals surface area contributed by atoms with Gasteiger partial charge in [-0.2, -0.15) is 0 Å². The zero-order valence-corrected chi connectivity index (χ0v) is 4.83. The van der Waals surface area contributed by atoms with Crippen LogP contribution < -0.4 is 17.1 Å². The molecule has 0 atom stereocenters. The number of hydrogen-bond acceptors (Lipinski definition) is 3. The quantitative estimate of drug-likeness (QED) is 0.432. The molecule has 0 fully saturated rings. The summed E-state index contributed by atoms with van der Waals surface area (Å²) in [4.78, 5) is 3.71. The van der Waals surface area contributed by atoms with Crippen LogP contribution in [0.5, 0.6) is 0 Å². The van der Waals surface area contributed by atoms with Crippen molar-refractivity contribution in [3.63, 3.8) is 0 Å². The number of pyridine rings is 1. The second-order valence-corrected chi connectivity index (χ2v) is 1.74. The summed E-state index contributed by atoms with van der Waals surface area (Å²) in [6, 6.07) is 1.57. The molecule has 1 heterocycles. The molecule has 2 radical (unpaired) electrons. The van der Waals surface area contributed by atoms with Crippen molar-refractivity contribution in [3.8, 4) is 0 Å². The van der Waals surface area contributed by atoms with Gasteiger partial charge < -0.3 is 11.5 Å².